The average molecular weight is 383 g/mol. The third kappa shape index (κ3) is 4.59. The monoisotopic (exact) mass is 382 g/mol. The van der Waals surface area contributed by atoms with Crippen LogP contribution in [0.4, 0.5) is 11.4 Å². The minimum atomic E-state index is -0.0226. The van der Waals surface area contributed by atoms with Crippen molar-refractivity contribution >= 4 is 11.4 Å². The van der Waals surface area contributed by atoms with Crippen LogP contribution in [0, 0.1) is 11.3 Å². The van der Waals surface area contributed by atoms with Gasteiger partial charge in [-0.2, -0.15) is 5.26 Å². The Bertz CT molecular complexity index is 916. The molecule has 1 saturated heterocycles. The Labute approximate surface area is 172 Å². The molecule has 4 rings (SSSR count). The van der Waals surface area contributed by atoms with E-state index in [4.69, 9.17) is 0 Å². The van der Waals surface area contributed by atoms with Gasteiger partial charge >= 0.3 is 0 Å². The second kappa shape index (κ2) is 9.27. The minimum absolute atomic E-state index is 0.0226. The summed E-state index contributed by atoms with van der Waals surface area (Å²) in [6.45, 7) is 4.05. The van der Waals surface area contributed by atoms with Crippen LogP contribution < -0.4 is 15.5 Å². The summed E-state index contributed by atoms with van der Waals surface area (Å²) in [6.07, 6.45) is 1.12. The van der Waals surface area contributed by atoms with Crippen LogP contribution in [0.15, 0.2) is 78.9 Å². The first kappa shape index (κ1) is 19.0. The molecule has 4 nitrogen and oxygen atoms in total. The molecule has 0 atom stereocenters. The lowest BCUT2D eigenvalue weighted by atomic mass is 9.98. The van der Waals surface area contributed by atoms with E-state index in [0.29, 0.717) is 5.56 Å². The Hall–Kier alpha value is -3.29. The second-order valence-electron chi connectivity index (χ2n) is 7.33. The van der Waals surface area contributed by atoms with Crippen LogP contribution in [-0.2, 0) is 0 Å². The summed E-state index contributed by atoms with van der Waals surface area (Å²) < 4.78 is 0. The van der Waals surface area contributed by atoms with Crippen molar-refractivity contribution in [1.29, 1.82) is 5.26 Å². The van der Waals surface area contributed by atoms with Gasteiger partial charge in [-0.3, -0.25) is 0 Å². The molecule has 0 bridgehead atoms. The van der Waals surface area contributed by atoms with Crippen molar-refractivity contribution < 1.29 is 0 Å². The van der Waals surface area contributed by atoms with Crippen LogP contribution in [0.1, 0.15) is 29.2 Å². The van der Waals surface area contributed by atoms with Crippen molar-refractivity contribution in [2.75, 3.05) is 36.4 Å². The van der Waals surface area contributed by atoms with Crippen molar-refractivity contribution in [2.24, 2.45) is 0 Å². The highest BCUT2D eigenvalue weighted by Gasteiger charge is 2.17. The normalized spacial score (nSPS) is 14.3. The van der Waals surface area contributed by atoms with E-state index in [-0.39, 0.29) is 6.04 Å². The van der Waals surface area contributed by atoms with Gasteiger partial charge in [-0.1, -0.05) is 60.7 Å². The maximum atomic E-state index is 9.71. The number of hydrogen-bond acceptors (Lipinski definition) is 4. The number of nitrogens with one attached hydrogen (secondary N) is 2. The predicted octanol–water partition coefficient (Wildman–Crippen LogP) is 4.56. The molecule has 0 spiro atoms. The minimum Gasteiger partial charge on any atom is -0.373 e. The van der Waals surface area contributed by atoms with Gasteiger partial charge < -0.3 is 15.5 Å². The Morgan fingerprint density at radius 1 is 0.862 bits per heavy atom. The van der Waals surface area contributed by atoms with Gasteiger partial charge in [-0.05, 0) is 42.3 Å². The first-order chi connectivity index (χ1) is 14.3. The van der Waals surface area contributed by atoms with E-state index >= 15 is 0 Å². The summed E-state index contributed by atoms with van der Waals surface area (Å²) in [7, 11) is 0. The number of anilines is 2. The number of nitriles is 1. The first-order valence-electron chi connectivity index (χ1n) is 10.2. The van der Waals surface area contributed by atoms with Crippen LogP contribution in [0.5, 0.6) is 0 Å². The molecule has 1 heterocycles. The molecule has 146 valence electrons. The summed E-state index contributed by atoms with van der Waals surface area (Å²) in [5.74, 6) is 0. The first-order valence-corrected chi connectivity index (χ1v) is 10.2. The summed E-state index contributed by atoms with van der Waals surface area (Å²) in [6, 6.07) is 29.2. The van der Waals surface area contributed by atoms with Crippen molar-refractivity contribution in [3.05, 3.63) is 95.6 Å². The van der Waals surface area contributed by atoms with Crippen molar-refractivity contribution in [3.63, 3.8) is 0 Å². The van der Waals surface area contributed by atoms with E-state index < -0.39 is 0 Å². The van der Waals surface area contributed by atoms with Crippen LogP contribution in [0.25, 0.3) is 0 Å². The molecule has 0 unspecified atom stereocenters. The van der Waals surface area contributed by atoms with E-state index in [0.717, 1.165) is 44.0 Å². The lowest BCUT2D eigenvalue weighted by Crippen LogP contribution is -2.27. The zero-order chi connectivity index (χ0) is 19.9. The molecule has 2 N–H and O–H groups in total. The number of benzene rings is 3. The fourth-order valence-electron chi connectivity index (χ4n) is 3.86. The van der Waals surface area contributed by atoms with Crippen molar-refractivity contribution in [1.82, 2.24) is 5.32 Å². The van der Waals surface area contributed by atoms with Gasteiger partial charge in [0.2, 0.25) is 0 Å². The molecule has 0 aromatic heterocycles. The van der Waals surface area contributed by atoms with Gasteiger partial charge in [-0.15, -0.1) is 0 Å². The second-order valence-corrected chi connectivity index (χ2v) is 7.33. The molecule has 3 aromatic rings. The quantitative estimate of drug-likeness (QED) is 0.679. The summed E-state index contributed by atoms with van der Waals surface area (Å²) in [5, 5.41) is 16.8. The van der Waals surface area contributed by atoms with E-state index in [1.807, 2.05) is 18.2 Å². The molecule has 0 aliphatic carbocycles. The third-order valence-electron chi connectivity index (χ3n) is 5.39. The standard InChI is InChI=1S/C25H26N4/c26-19-22-12-13-23(29-16-7-14-27-15-17-29)18-24(22)28-25(20-8-3-1-4-9-20)21-10-5-2-6-11-21/h1-6,8-13,18,25,27-28H,7,14-17H2. The largest absolute Gasteiger partial charge is 0.373 e. The van der Waals surface area contributed by atoms with Gasteiger partial charge in [0.1, 0.15) is 6.07 Å². The molecule has 0 radical (unpaired) electrons. The van der Waals surface area contributed by atoms with Gasteiger partial charge in [0.25, 0.3) is 0 Å². The number of hydrogen-bond donors (Lipinski definition) is 2. The fraction of sp³-hybridized carbons (Fsp3) is 0.240. The summed E-state index contributed by atoms with van der Waals surface area (Å²) >= 11 is 0. The average Bonchev–Trinajstić information content (AvgIpc) is 3.08. The van der Waals surface area contributed by atoms with E-state index in [1.54, 1.807) is 0 Å². The molecule has 0 amide bonds. The van der Waals surface area contributed by atoms with Gasteiger partial charge in [0.15, 0.2) is 0 Å². The third-order valence-corrected chi connectivity index (χ3v) is 5.39. The highest BCUT2D eigenvalue weighted by Crippen LogP contribution is 2.31. The molecule has 0 saturated carbocycles. The highest BCUT2D eigenvalue weighted by atomic mass is 15.2. The number of nitrogens with zero attached hydrogens (tertiary/aromatic N) is 2. The topological polar surface area (TPSA) is 51.1 Å². The maximum Gasteiger partial charge on any atom is 0.101 e. The SMILES string of the molecule is N#Cc1ccc(N2CCCNCC2)cc1NC(c1ccccc1)c1ccccc1. The van der Waals surface area contributed by atoms with Crippen molar-refractivity contribution in [2.45, 2.75) is 12.5 Å². The van der Waals surface area contributed by atoms with Crippen LogP contribution >= 0.6 is 0 Å². The molecule has 4 heteroatoms. The van der Waals surface area contributed by atoms with Gasteiger partial charge in [0, 0.05) is 25.3 Å². The zero-order valence-electron chi connectivity index (χ0n) is 16.5. The maximum absolute atomic E-state index is 9.71. The molecule has 1 fully saturated rings. The zero-order valence-corrected chi connectivity index (χ0v) is 16.5. The molecule has 29 heavy (non-hydrogen) atoms. The van der Waals surface area contributed by atoms with E-state index in [1.165, 1.54) is 11.1 Å². The summed E-state index contributed by atoms with van der Waals surface area (Å²) in [4.78, 5) is 2.40. The lowest BCUT2D eigenvalue weighted by molar-refractivity contribution is 0.724. The van der Waals surface area contributed by atoms with Crippen LogP contribution in [0.3, 0.4) is 0 Å². The Morgan fingerprint density at radius 3 is 2.21 bits per heavy atom. The smallest absolute Gasteiger partial charge is 0.101 e. The van der Waals surface area contributed by atoms with Crippen LogP contribution in [0.2, 0.25) is 0 Å². The highest BCUT2D eigenvalue weighted by molar-refractivity contribution is 5.67. The number of rotatable bonds is 5. The summed E-state index contributed by atoms with van der Waals surface area (Å²) in [5.41, 5.74) is 5.05. The molecule has 1 aliphatic heterocycles. The van der Waals surface area contributed by atoms with E-state index in [2.05, 4.69) is 82.3 Å². The fourth-order valence-corrected chi connectivity index (χ4v) is 3.86. The lowest BCUT2D eigenvalue weighted by Gasteiger charge is -2.26. The molecular formula is C25H26N4. The molecule has 3 aromatic carbocycles. The molecular weight excluding hydrogens is 356 g/mol. The van der Waals surface area contributed by atoms with Gasteiger partial charge in [-0.25, -0.2) is 0 Å². The molecule has 1 aliphatic rings. The van der Waals surface area contributed by atoms with Crippen LogP contribution in [-0.4, -0.2) is 26.2 Å². The Kier molecular flexibility index (Phi) is 6.09. The Morgan fingerprint density at radius 2 is 1.55 bits per heavy atom. The van der Waals surface area contributed by atoms with E-state index in [9.17, 15) is 5.26 Å². The predicted molar refractivity (Wildman–Crippen MR) is 119 cm³/mol. The Balaban J connectivity index is 1.69. The van der Waals surface area contributed by atoms with Gasteiger partial charge in [0.05, 0.1) is 17.3 Å². The van der Waals surface area contributed by atoms with Crippen molar-refractivity contribution in [3.8, 4) is 6.07 Å².